The Labute approximate surface area is 260 Å². The van der Waals surface area contributed by atoms with Crippen LogP contribution in [0.4, 0.5) is 0 Å². The number of carbonyl (C=O) groups is 3. The number of nitrogens with zero attached hydrogens (tertiary/aromatic N) is 6. The number of ketones is 3. The number of halogens is 1. The smallest absolute Gasteiger partial charge is 0.226 e. The summed E-state index contributed by atoms with van der Waals surface area (Å²) >= 11 is 6.43. The van der Waals surface area contributed by atoms with Crippen LogP contribution < -0.4 is 0 Å². The zero-order valence-electron chi connectivity index (χ0n) is 24.2. The molecule has 13 nitrogen and oxygen atoms in total. The Hall–Kier alpha value is -4.66. The molecule has 3 aromatic heterocycles. The second kappa shape index (κ2) is 11.1. The predicted octanol–water partition coefficient (Wildman–Crippen LogP) is 2.49. The van der Waals surface area contributed by atoms with Crippen molar-refractivity contribution < 1.29 is 34.4 Å². The molecular formula is C31H27ClN6O7. The maximum atomic E-state index is 13.0. The molecule has 14 heteroatoms. The third kappa shape index (κ3) is 4.51. The van der Waals surface area contributed by atoms with Crippen LogP contribution in [0, 0.1) is 0 Å². The van der Waals surface area contributed by atoms with Gasteiger partial charge in [0.05, 0.1) is 17.7 Å². The number of ether oxygens (including phenoxy) is 1. The van der Waals surface area contributed by atoms with Crippen LogP contribution in [0.15, 0.2) is 73.3 Å². The zero-order valence-corrected chi connectivity index (χ0v) is 25.0. The van der Waals surface area contributed by atoms with Crippen LogP contribution in [0.2, 0.25) is 5.28 Å². The van der Waals surface area contributed by atoms with Gasteiger partial charge in [-0.25, -0.2) is 9.97 Å². The number of hydrogen-bond acceptors (Lipinski definition) is 11. The maximum absolute atomic E-state index is 13.0. The van der Waals surface area contributed by atoms with Gasteiger partial charge in [-0.3, -0.25) is 23.5 Å². The lowest BCUT2D eigenvalue weighted by Crippen LogP contribution is -2.67. The minimum Gasteiger partial charge on any atom is -0.386 e. The van der Waals surface area contributed by atoms with Crippen LogP contribution in [-0.2, 0) is 19.1 Å². The van der Waals surface area contributed by atoms with E-state index >= 15 is 0 Å². The lowest BCUT2D eigenvalue weighted by molar-refractivity contribution is -0.182. The molecule has 5 atom stereocenters. The number of aliphatic hydroxyl groups is 3. The third-order valence-corrected chi connectivity index (χ3v) is 8.21. The molecule has 0 bridgehead atoms. The number of aliphatic hydroxyl groups excluding tert-OH is 1. The summed E-state index contributed by atoms with van der Waals surface area (Å²) < 4.78 is 8.54. The third-order valence-electron chi connectivity index (χ3n) is 8.05. The van der Waals surface area contributed by atoms with Gasteiger partial charge >= 0.3 is 0 Å². The molecule has 2 aromatic carbocycles. The zero-order chi connectivity index (χ0) is 32.3. The highest BCUT2D eigenvalue weighted by Gasteiger charge is 2.73. The van der Waals surface area contributed by atoms with Crippen LogP contribution in [0.1, 0.15) is 27.0 Å². The number of benzene rings is 2. The number of rotatable bonds is 8. The normalized spacial score (nSPS) is 23.7. The summed E-state index contributed by atoms with van der Waals surface area (Å²) in [5, 5.41) is 33.1. The molecule has 1 aliphatic rings. The highest BCUT2D eigenvalue weighted by Crippen LogP contribution is 2.48. The number of fused-ring (bicyclic) bond motifs is 1. The Morgan fingerprint density at radius 3 is 2.07 bits per heavy atom. The molecule has 0 amide bonds. The fourth-order valence-electron chi connectivity index (χ4n) is 5.77. The maximum Gasteiger partial charge on any atom is 0.226 e. The van der Waals surface area contributed by atoms with Crippen LogP contribution >= 0.6 is 11.6 Å². The van der Waals surface area contributed by atoms with Crippen molar-refractivity contribution in [3.05, 3.63) is 78.6 Å². The molecule has 0 radical (unpaired) electrons. The van der Waals surface area contributed by atoms with Crippen molar-refractivity contribution in [1.29, 1.82) is 0 Å². The number of aromatic nitrogens is 6. The number of hydrogen-bond donors (Lipinski definition) is 3. The summed E-state index contributed by atoms with van der Waals surface area (Å²) in [5.41, 5.74) is -3.06. The van der Waals surface area contributed by atoms with Gasteiger partial charge in [-0.2, -0.15) is 9.97 Å². The quantitative estimate of drug-likeness (QED) is 0.214. The van der Waals surface area contributed by atoms with Gasteiger partial charge < -0.3 is 20.1 Å². The molecule has 0 spiro atoms. The Kier molecular flexibility index (Phi) is 7.46. The lowest BCUT2D eigenvalue weighted by Gasteiger charge is -2.36. The second-order valence-electron chi connectivity index (χ2n) is 10.8. The van der Waals surface area contributed by atoms with E-state index in [1.54, 1.807) is 10.9 Å². The largest absolute Gasteiger partial charge is 0.386 e. The summed E-state index contributed by atoms with van der Waals surface area (Å²) in [6.45, 7) is 2.95. The molecule has 0 aliphatic carbocycles. The molecule has 6 rings (SSSR count). The first-order chi connectivity index (χ1) is 21.4. The summed E-state index contributed by atoms with van der Waals surface area (Å²) in [6.07, 6.45) is -2.99. The van der Waals surface area contributed by atoms with E-state index in [2.05, 4.69) is 19.9 Å². The van der Waals surface area contributed by atoms with Crippen molar-refractivity contribution >= 4 is 40.1 Å². The Balaban J connectivity index is 1.58. The van der Waals surface area contributed by atoms with Gasteiger partial charge in [-0.15, -0.1) is 0 Å². The molecule has 0 saturated carbocycles. The van der Waals surface area contributed by atoms with E-state index in [9.17, 15) is 29.7 Å². The Bertz CT molecular complexity index is 1960. The second-order valence-corrected chi connectivity index (χ2v) is 11.1. The minimum atomic E-state index is -3.05. The molecular weight excluding hydrogens is 604 g/mol. The van der Waals surface area contributed by atoms with E-state index in [0.717, 1.165) is 42.8 Å². The van der Waals surface area contributed by atoms with Crippen molar-refractivity contribution in [2.45, 2.75) is 50.4 Å². The van der Waals surface area contributed by atoms with Gasteiger partial charge in [0.1, 0.15) is 12.4 Å². The Morgan fingerprint density at radius 2 is 1.49 bits per heavy atom. The number of carbonyl (C=O) groups excluding carboxylic acids is 3. The Morgan fingerprint density at radius 1 is 0.889 bits per heavy atom. The van der Waals surface area contributed by atoms with Gasteiger partial charge in [-0.05, 0) is 32.4 Å². The first-order valence-corrected chi connectivity index (χ1v) is 14.2. The van der Waals surface area contributed by atoms with Gasteiger partial charge in [0.25, 0.3) is 0 Å². The van der Waals surface area contributed by atoms with Crippen molar-refractivity contribution in [3.8, 4) is 28.3 Å². The topological polar surface area (TPSA) is 183 Å². The van der Waals surface area contributed by atoms with Gasteiger partial charge in [0, 0.05) is 11.1 Å². The van der Waals surface area contributed by atoms with Gasteiger partial charge in [-0.1, -0.05) is 60.7 Å². The highest BCUT2D eigenvalue weighted by molar-refractivity contribution is 6.28. The van der Waals surface area contributed by atoms with Crippen molar-refractivity contribution in [3.63, 3.8) is 0 Å². The average molecular weight is 631 g/mol. The minimum absolute atomic E-state index is 0.0558. The molecule has 1 unspecified atom stereocenters. The first-order valence-electron chi connectivity index (χ1n) is 13.8. The molecule has 5 aromatic rings. The van der Waals surface area contributed by atoms with Gasteiger partial charge in [0.15, 0.2) is 52.3 Å². The van der Waals surface area contributed by atoms with Crippen LogP contribution in [0.25, 0.3) is 39.5 Å². The van der Waals surface area contributed by atoms with E-state index in [1.165, 1.54) is 0 Å². The van der Waals surface area contributed by atoms with E-state index in [-0.39, 0.29) is 22.3 Å². The van der Waals surface area contributed by atoms with E-state index < -0.39 is 47.0 Å². The molecule has 1 saturated heterocycles. The molecule has 4 heterocycles. The van der Waals surface area contributed by atoms with Crippen LogP contribution in [-0.4, -0.2) is 85.1 Å². The standard InChI is InChI=1S/C31H27ClN6O7/c1-16(39)24(42)25-30(43,17(2)40)31(44,18(3)41)28(45-25)38-15-34-22-26(35-29(32)36-27(22)38)37-14-33-21(19-10-6-4-7-11-19)23(37)20-12-8-5-9-13-20/h4-16,25,28,39,43-44H,1-3H3/t16?,25-,28-,30-,31+/m1/s1. The van der Waals surface area contributed by atoms with Crippen molar-refractivity contribution in [1.82, 2.24) is 29.1 Å². The van der Waals surface area contributed by atoms with E-state index in [0.29, 0.717) is 11.4 Å². The summed E-state index contributed by atoms with van der Waals surface area (Å²) in [5.74, 6) is -3.15. The average Bonchev–Trinajstić information content (AvgIpc) is 3.71. The lowest BCUT2D eigenvalue weighted by atomic mass is 9.73. The van der Waals surface area contributed by atoms with Crippen molar-refractivity contribution in [2.75, 3.05) is 0 Å². The first kappa shape index (κ1) is 30.4. The monoisotopic (exact) mass is 630 g/mol. The van der Waals surface area contributed by atoms with Gasteiger partial charge in [0.2, 0.25) is 10.9 Å². The summed E-state index contributed by atoms with van der Waals surface area (Å²) in [4.78, 5) is 56.7. The SMILES string of the molecule is CC(=O)[C@@]1(O)[C@@H](C(=O)C(C)O)O[C@@H](n2cnc3c(-n4cnc(-c5ccccc5)c4-c4ccccc4)nc(Cl)nc32)[C@@]1(O)C(C)=O. The number of imidazole rings is 2. The molecule has 1 aliphatic heterocycles. The molecule has 45 heavy (non-hydrogen) atoms. The van der Waals surface area contributed by atoms with Crippen molar-refractivity contribution in [2.24, 2.45) is 0 Å². The van der Waals surface area contributed by atoms with Crippen LogP contribution in [0.3, 0.4) is 0 Å². The predicted molar refractivity (Wildman–Crippen MR) is 160 cm³/mol. The molecule has 1 fully saturated rings. The fraction of sp³-hybridized carbons (Fsp3) is 0.258. The van der Waals surface area contributed by atoms with Crippen LogP contribution in [0.5, 0.6) is 0 Å². The molecule has 3 N–H and O–H groups in total. The fourth-order valence-corrected chi connectivity index (χ4v) is 5.93. The summed E-state index contributed by atoms with van der Waals surface area (Å²) in [7, 11) is 0. The highest BCUT2D eigenvalue weighted by atomic mass is 35.5. The van der Waals surface area contributed by atoms with E-state index in [4.69, 9.17) is 16.3 Å². The molecule has 230 valence electrons. The summed E-state index contributed by atoms with van der Waals surface area (Å²) in [6, 6.07) is 18.9. The van der Waals surface area contributed by atoms with E-state index in [1.807, 2.05) is 60.7 Å². The number of Topliss-reactive ketones (excluding diaryl/α,β-unsaturated/α-hetero) is 3.